The number of aliphatic hydroxyl groups is 1. The van der Waals surface area contributed by atoms with Gasteiger partial charge in [0.05, 0.1) is 13.2 Å². The van der Waals surface area contributed by atoms with Crippen molar-refractivity contribution in [1.82, 2.24) is 4.90 Å². The van der Waals surface area contributed by atoms with Crippen LogP contribution in [-0.2, 0) is 11.2 Å². The molecule has 1 saturated heterocycles. The second-order valence-corrected chi connectivity index (χ2v) is 7.02. The fraction of sp³-hybridized carbons (Fsp3) is 0.611. The molecule has 1 saturated carbocycles. The highest BCUT2D eigenvalue weighted by Crippen LogP contribution is 2.36. The summed E-state index contributed by atoms with van der Waals surface area (Å²) in [6.07, 6.45) is 4.44. The Morgan fingerprint density at radius 1 is 1.39 bits per heavy atom. The van der Waals surface area contributed by atoms with Gasteiger partial charge in [0.1, 0.15) is 5.75 Å². The molecule has 1 aromatic carbocycles. The molecule has 126 valence electrons. The third-order valence-corrected chi connectivity index (χ3v) is 5.58. The molecule has 1 heterocycles. The maximum absolute atomic E-state index is 12.0. The maximum atomic E-state index is 12.0. The van der Waals surface area contributed by atoms with E-state index in [0.29, 0.717) is 17.9 Å². The highest BCUT2D eigenvalue weighted by atomic mass is 35.5. The molecule has 1 aliphatic carbocycles. The van der Waals surface area contributed by atoms with Gasteiger partial charge in [-0.05, 0) is 50.2 Å². The molecule has 0 bridgehead atoms. The van der Waals surface area contributed by atoms with E-state index in [0.717, 1.165) is 43.5 Å². The summed E-state index contributed by atoms with van der Waals surface area (Å²) in [5.74, 6) is 1.14. The number of carbonyl (C=O) groups is 1. The Morgan fingerprint density at radius 2 is 2.22 bits per heavy atom. The van der Waals surface area contributed by atoms with Crippen molar-refractivity contribution >= 4 is 17.5 Å². The summed E-state index contributed by atoms with van der Waals surface area (Å²) in [6, 6.07) is 5.88. The zero-order chi connectivity index (χ0) is 16.4. The first-order valence-corrected chi connectivity index (χ1v) is 8.77. The van der Waals surface area contributed by atoms with Crippen molar-refractivity contribution in [3.05, 3.63) is 28.8 Å². The van der Waals surface area contributed by atoms with Crippen LogP contribution in [0.25, 0.3) is 0 Å². The van der Waals surface area contributed by atoms with E-state index in [1.54, 1.807) is 7.11 Å². The zero-order valence-electron chi connectivity index (χ0n) is 13.5. The molecule has 2 aliphatic rings. The van der Waals surface area contributed by atoms with E-state index < -0.39 is 0 Å². The van der Waals surface area contributed by atoms with E-state index in [1.807, 2.05) is 23.1 Å². The predicted molar refractivity (Wildman–Crippen MR) is 89.8 cm³/mol. The monoisotopic (exact) mass is 337 g/mol. The van der Waals surface area contributed by atoms with Crippen molar-refractivity contribution in [1.29, 1.82) is 0 Å². The van der Waals surface area contributed by atoms with Gasteiger partial charge in [0.25, 0.3) is 0 Å². The smallest absolute Gasteiger partial charge is 0.222 e. The molecular weight excluding hydrogens is 314 g/mol. The number of likely N-dealkylation sites (tertiary alicyclic amines) is 1. The molecule has 4 nitrogen and oxygen atoms in total. The molecule has 3 rings (SSSR count). The van der Waals surface area contributed by atoms with Crippen molar-refractivity contribution in [2.24, 2.45) is 5.92 Å². The molecule has 0 radical (unpaired) electrons. The first-order valence-electron chi connectivity index (χ1n) is 8.39. The number of hydrogen-bond donors (Lipinski definition) is 1. The average Bonchev–Trinajstić information content (AvgIpc) is 2.97. The minimum absolute atomic E-state index is 0.107. The van der Waals surface area contributed by atoms with Gasteiger partial charge < -0.3 is 14.7 Å². The number of amides is 1. The number of hydrogen-bond acceptors (Lipinski definition) is 3. The predicted octanol–water partition coefficient (Wildman–Crippen LogP) is 3.04. The number of benzene rings is 1. The Hall–Kier alpha value is -1.26. The number of ether oxygens (including phenoxy) is 1. The van der Waals surface area contributed by atoms with Gasteiger partial charge in [0, 0.05) is 29.6 Å². The Kier molecular flexibility index (Phi) is 5.12. The molecule has 5 heteroatoms. The fourth-order valence-electron chi connectivity index (χ4n) is 3.97. The number of aliphatic hydroxyl groups excluding tert-OH is 1. The lowest BCUT2D eigenvalue weighted by molar-refractivity contribution is -0.131. The van der Waals surface area contributed by atoms with Gasteiger partial charge in [0.15, 0.2) is 0 Å². The van der Waals surface area contributed by atoms with Gasteiger partial charge in [-0.15, -0.1) is 0 Å². The van der Waals surface area contributed by atoms with Crippen molar-refractivity contribution in [2.75, 3.05) is 13.7 Å². The third-order valence-electron chi connectivity index (χ3n) is 5.23. The van der Waals surface area contributed by atoms with Crippen LogP contribution >= 0.6 is 11.6 Å². The lowest BCUT2D eigenvalue weighted by Crippen LogP contribution is -2.43. The minimum atomic E-state index is -0.343. The van der Waals surface area contributed by atoms with Crippen LogP contribution in [0.2, 0.25) is 5.02 Å². The van der Waals surface area contributed by atoms with Crippen molar-refractivity contribution in [3.63, 3.8) is 0 Å². The van der Waals surface area contributed by atoms with Crippen molar-refractivity contribution < 1.29 is 14.6 Å². The second-order valence-electron chi connectivity index (χ2n) is 6.61. The average molecular weight is 338 g/mol. The molecule has 0 spiro atoms. The zero-order valence-corrected chi connectivity index (χ0v) is 14.3. The van der Waals surface area contributed by atoms with E-state index in [9.17, 15) is 9.90 Å². The van der Waals surface area contributed by atoms with Gasteiger partial charge in [-0.2, -0.15) is 0 Å². The topological polar surface area (TPSA) is 49.8 Å². The Balaban J connectivity index is 1.75. The standard InChI is InChI=1S/C18H24ClNO3/c1-23-17-5-2-4-15(19)14(17)11-12-10-13(7-8-16(12)21)20-9-3-6-18(20)22/h2,4-5,12-13,16,21H,3,6-11H2,1H3. The van der Waals surface area contributed by atoms with E-state index >= 15 is 0 Å². The summed E-state index contributed by atoms with van der Waals surface area (Å²) in [4.78, 5) is 14.0. The maximum Gasteiger partial charge on any atom is 0.222 e. The Morgan fingerprint density at radius 3 is 2.91 bits per heavy atom. The lowest BCUT2D eigenvalue weighted by atomic mass is 9.79. The van der Waals surface area contributed by atoms with Crippen LogP contribution in [0.3, 0.4) is 0 Å². The molecule has 0 aromatic heterocycles. The largest absolute Gasteiger partial charge is 0.496 e. The molecule has 1 amide bonds. The molecule has 1 N–H and O–H groups in total. The van der Waals surface area contributed by atoms with Crippen LogP contribution in [0.15, 0.2) is 18.2 Å². The van der Waals surface area contributed by atoms with Crippen LogP contribution in [0.4, 0.5) is 0 Å². The van der Waals surface area contributed by atoms with Crippen LogP contribution in [0.1, 0.15) is 37.7 Å². The summed E-state index contributed by atoms with van der Waals surface area (Å²) in [5.41, 5.74) is 0.953. The number of methoxy groups -OCH3 is 1. The van der Waals surface area contributed by atoms with Crippen LogP contribution in [-0.4, -0.2) is 41.7 Å². The van der Waals surface area contributed by atoms with Crippen LogP contribution < -0.4 is 4.74 Å². The van der Waals surface area contributed by atoms with E-state index in [-0.39, 0.29) is 24.0 Å². The number of rotatable bonds is 4. The summed E-state index contributed by atoms with van der Waals surface area (Å²) in [5, 5.41) is 11.1. The van der Waals surface area contributed by atoms with Gasteiger partial charge in [-0.25, -0.2) is 0 Å². The quantitative estimate of drug-likeness (QED) is 0.918. The number of halogens is 1. The van der Waals surface area contributed by atoms with Crippen LogP contribution in [0, 0.1) is 5.92 Å². The SMILES string of the molecule is COc1cccc(Cl)c1CC1CC(N2CCCC2=O)CCC1O. The summed E-state index contributed by atoms with van der Waals surface area (Å²) < 4.78 is 5.42. The minimum Gasteiger partial charge on any atom is -0.496 e. The Bertz CT molecular complexity index is 577. The first-order chi connectivity index (χ1) is 11.1. The molecular formula is C18H24ClNO3. The van der Waals surface area contributed by atoms with Gasteiger partial charge in [-0.1, -0.05) is 17.7 Å². The Labute approximate surface area is 142 Å². The fourth-order valence-corrected chi connectivity index (χ4v) is 4.21. The molecule has 23 heavy (non-hydrogen) atoms. The first kappa shape index (κ1) is 16.6. The van der Waals surface area contributed by atoms with Gasteiger partial charge in [0.2, 0.25) is 5.91 Å². The van der Waals surface area contributed by atoms with E-state index in [2.05, 4.69) is 0 Å². The molecule has 1 aliphatic heterocycles. The van der Waals surface area contributed by atoms with E-state index in [4.69, 9.17) is 16.3 Å². The number of nitrogens with zero attached hydrogens (tertiary/aromatic N) is 1. The molecule has 2 fully saturated rings. The lowest BCUT2D eigenvalue weighted by Gasteiger charge is -2.38. The summed E-state index contributed by atoms with van der Waals surface area (Å²) >= 11 is 6.34. The third kappa shape index (κ3) is 3.48. The summed E-state index contributed by atoms with van der Waals surface area (Å²) in [7, 11) is 1.64. The molecule has 3 unspecified atom stereocenters. The van der Waals surface area contributed by atoms with Crippen LogP contribution in [0.5, 0.6) is 5.75 Å². The van der Waals surface area contributed by atoms with Gasteiger partial charge in [-0.3, -0.25) is 4.79 Å². The highest BCUT2D eigenvalue weighted by molar-refractivity contribution is 6.31. The second kappa shape index (κ2) is 7.10. The molecule has 1 aromatic rings. The van der Waals surface area contributed by atoms with E-state index in [1.165, 1.54) is 0 Å². The van der Waals surface area contributed by atoms with Crippen molar-refractivity contribution in [2.45, 2.75) is 50.7 Å². The summed E-state index contributed by atoms with van der Waals surface area (Å²) in [6.45, 7) is 0.863. The molecule has 3 atom stereocenters. The highest BCUT2D eigenvalue weighted by Gasteiger charge is 2.36. The normalized spacial score (nSPS) is 28.2. The van der Waals surface area contributed by atoms with Gasteiger partial charge >= 0.3 is 0 Å². The van der Waals surface area contributed by atoms with Crippen molar-refractivity contribution in [3.8, 4) is 5.75 Å². The number of carbonyl (C=O) groups excluding carboxylic acids is 1.